The van der Waals surface area contributed by atoms with Gasteiger partial charge in [0.05, 0.1) is 0 Å². The van der Waals surface area contributed by atoms with Crippen molar-refractivity contribution in [3.63, 3.8) is 0 Å². The van der Waals surface area contributed by atoms with Crippen LogP contribution in [0.25, 0.3) is 0 Å². The minimum absolute atomic E-state index is 0.565. The van der Waals surface area contributed by atoms with E-state index in [4.69, 9.17) is 7.13 Å². The summed E-state index contributed by atoms with van der Waals surface area (Å²) in [7, 11) is 0. The summed E-state index contributed by atoms with van der Waals surface area (Å²) < 4.78 is 10.8. The van der Waals surface area contributed by atoms with Crippen LogP contribution in [0.4, 0.5) is 0 Å². The standard InChI is InChI=1S/2C6H10O.Ru/c2*1-5(2)4-6(3)7;/h2*4,7H,1H2,2-3H3;/q;;+2/p-2/b2*6-4+;. The Balaban J connectivity index is 3.90. The molecule has 0 amide bonds. The molecule has 0 saturated heterocycles. The summed E-state index contributed by atoms with van der Waals surface area (Å²) in [5.74, 6) is 1.67. The van der Waals surface area contributed by atoms with Crippen molar-refractivity contribution < 1.29 is 25.0 Å². The molecule has 0 rings (SSSR count). The molecule has 0 aromatic carbocycles. The zero-order chi connectivity index (χ0) is 11.8. The molecule has 2 nitrogen and oxygen atoms in total. The van der Waals surface area contributed by atoms with Crippen LogP contribution in [-0.4, -0.2) is 0 Å². The molecule has 86 valence electrons. The Kier molecular flexibility index (Phi) is 7.06. The molecule has 0 aliphatic rings. The molecule has 0 fully saturated rings. The van der Waals surface area contributed by atoms with Gasteiger partial charge in [0.15, 0.2) is 0 Å². The molecule has 3 heteroatoms. The molecule has 0 aromatic heterocycles. The van der Waals surface area contributed by atoms with Gasteiger partial charge in [0.1, 0.15) is 0 Å². The summed E-state index contributed by atoms with van der Waals surface area (Å²) in [6.07, 6.45) is 3.77. The minimum atomic E-state index is -0.565. The third kappa shape index (κ3) is 9.49. The Labute approximate surface area is 101 Å². The molecule has 0 radical (unpaired) electrons. The van der Waals surface area contributed by atoms with Crippen molar-refractivity contribution in [2.24, 2.45) is 0 Å². The van der Waals surface area contributed by atoms with Crippen LogP contribution in [0.15, 0.2) is 48.0 Å². The molecule has 0 atom stereocenters. The van der Waals surface area contributed by atoms with Gasteiger partial charge in [0.25, 0.3) is 0 Å². The van der Waals surface area contributed by atoms with Crippen LogP contribution in [0.1, 0.15) is 27.7 Å². The van der Waals surface area contributed by atoms with Crippen LogP contribution < -0.4 is 0 Å². The fourth-order valence-corrected chi connectivity index (χ4v) is 1.58. The predicted molar refractivity (Wildman–Crippen MR) is 59.3 cm³/mol. The van der Waals surface area contributed by atoms with Gasteiger partial charge in [-0.25, -0.2) is 0 Å². The van der Waals surface area contributed by atoms with Gasteiger partial charge < -0.3 is 0 Å². The van der Waals surface area contributed by atoms with E-state index in [-0.39, 0.29) is 0 Å². The molecular weight excluding hydrogens is 277 g/mol. The summed E-state index contributed by atoms with van der Waals surface area (Å²) in [6.45, 7) is 15.2. The van der Waals surface area contributed by atoms with Crippen molar-refractivity contribution in [1.29, 1.82) is 0 Å². The van der Waals surface area contributed by atoms with Crippen molar-refractivity contribution in [3.8, 4) is 0 Å². The van der Waals surface area contributed by atoms with Gasteiger partial charge in [0, 0.05) is 0 Å². The summed E-state index contributed by atoms with van der Waals surface area (Å²) in [4.78, 5) is 0. The Morgan fingerprint density at radius 3 is 1.47 bits per heavy atom. The normalized spacial score (nSPS) is 12.5. The van der Waals surface area contributed by atoms with Crippen molar-refractivity contribution in [2.75, 3.05) is 0 Å². The molecule has 0 unspecified atom stereocenters. The van der Waals surface area contributed by atoms with E-state index in [2.05, 4.69) is 13.2 Å². The van der Waals surface area contributed by atoms with Crippen molar-refractivity contribution in [2.45, 2.75) is 27.7 Å². The van der Waals surface area contributed by atoms with E-state index in [1.54, 1.807) is 0 Å². The fourth-order valence-electron chi connectivity index (χ4n) is 0.843. The topological polar surface area (TPSA) is 18.5 Å². The van der Waals surface area contributed by atoms with Crippen molar-refractivity contribution >= 4 is 0 Å². The molecule has 0 aromatic rings. The van der Waals surface area contributed by atoms with E-state index in [1.165, 1.54) is 0 Å². The molecule has 15 heavy (non-hydrogen) atoms. The van der Waals surface area contributed by atoms with Gasteiger partial charge in [-0.1, -0.05) is 0 Å². The van der Waals surface area contributed by atoms with Crippen molar-refractivity contribution in [3.05, 3.63) is 48.0 Å². The molecule has 0 bridgehead atoms. The molecule has 0 saturated carbocycles. The average Bonchev–Trinajstić information content (AvgIpc) is 2.00. The van der Waals surface area contributed by atoms with E-state index in [0.717, 1.165) is 22.7 Å². The second-order valence-electron chi connectivity index (χ2n) is 3.41. The number of allylic oxidation sites excluding steroid dienone is 6. The molecule has 0 spiro atoms. The van der Waals surface area contributed by atoms with Gasteiger partial charge in [-0.3, -0.25) is 0 Å². The predicted octanol–water partition coefficient (Wildman–Crippen LogP) is 3.89. The Bertz CT molecular complexity index is 271. The van der Waals surface area contributed by atoms with Gasteiger partial charge >= 0.3 is 101 Å². The second kappa shape index (κ2) is 7.47. The van der Waals surface area contributed by atoms with Gasteiger partial charge in [0.2, 0.25) is 0 Å². The molecular formula is C12H18O2Ru. The first-order valence-corrected chi connectivity index (χ1v) is 5.98. The van der Waals surface area contributed by atoms with Crippen LogP contribution in [-0.2, 0) is 25.0 Å². The van der Waals surface area contributed by atoms with Crippen LogP contribution >= 0.6 is 0 Å². The van der Waals surface area contributed by atoms with Gasteiger partial charge in [-0.15, -0.1) is 0 Å². The van der Waals surface area contributed by atoms with Crippen LogP contribution in [0, 0.1) is 0 Å². The number of rotatable bonds is 6. The number of hydrogen-bond acceptors (Lipinski definition) is 2. The van der Waals surface area contributed by atoms with Crippen molar-refractivity contribution in [1.82, 2.24) is 0 Å². The third-order valence-electron chi connectivity index (χ3n) is 1.19. The Hall–Kier alpha value is -0.817. The van der Waals surface area contributed by atoms with E-state index < -0.39 is 17.8 Å². The average molecular weight is 295 g/mol. The summed E-state index contributed by atoms with van der Waals surface area (Å²) in [5.41, 5.74) is 1.95. The number of hydrogen-bond donors (Lipinski definition) is 0. The Morgan fingerprint density at radius 2 is 1.20 bits per heavy atom. The zero-order valence-electron chi connectivity index (χ0n) is 9.74. The first kappa shape index (κ1) is 14.2. The molecule has 0 N–H and O–H groups in total. The summed E-state index contributed by atoms with van der Waals surface area (Å²) >= 11 is -0.565. The first-order chi connectivity index (χ1) is 6.91. The van der Waals surface area contributed by atoms with E-state index in [0.29, 0.717) is 0 Å². The molecule has 0 aliphatic carbocycles. The van der Waals surface area contributed by atoms with Crippen LogP contribution in [0.5, 0.6) is 0 Å². The van der Waals surface area contributed by atoms with Crippen LogP contribution in [0.3, 0.4) is 0 Å². The summed E-state index contributed by atoms with van der Waals surface area (Å²) in [5, 5.41) is 0. The maximum atomic E-state index is 5.40. The Morgan fingerprint density at radius 1 is 0.867 bits per heavy atom. The zero-order valence-corrected chi connectivity index (χ0v) is 11.5. The van der Waals surface area contributed by atoms with Gasteiger partial charge in [-0.2, -0.15) is 0 Å². The van der Waals surface area contributed by atoms with E-state index in [1.807, 2.05) is 39.8 Å². The molecule has 0 heterocycles. The maximum absolute atomic E-state index is 5.40. The van der Waals surface area contributed by atoms with Crippen LogP contribution in [0.2, 0.25) is 0 Å². The quantitative estimate of drug-likeness (QED) is 0.420. The first-order valence-electron chi connectivity index (χ1n) is 4.56. The fraction of sp³-hybridized carbons (Fsp3) is 0.333. The second-order valence-corrected chi connectivity index (χ2v) is 4.41. The van der Waals surface area contributed by atoms with E-state index in [9.17, 15) is 0 Å². The third-order valence-corrected chi connectivity index (χ3v) is 2.59. The van der Waals surface area contributed by atoms with Gasteiger partial charge in [-0.05, 0) is 0 Å². The summed E-state index contributed by atoms with van der Waals surface area (Å²) in [6, 6.07) is 0. The monoisotopic (exact) mass is 296 g/mol. The van der Waals surface area contributed by atoms with E-state index >= 15 is 0 Å². The molecule has 0 aliphatic heterocycles. The SMILES string of the molecule is C=C(C)/C=C(\C)[O][Ru][O]/C(C)=C/C(=C)C.